The topological polar surface area (TPSA) is 86.7 Å². The van der Waals surface area contributed by atoms with Crippen LogP contribution < -0.4 is 23.8 Å². The summed E-state index contributed by atoms with van der Waals surface area (Å²) in [6, 6.07) is 12.1. The van der Waals surface area contributed by atoms with Gasteiger partial charge in [0, 0.05) is 11.1 Å². The van der Waals surface area contributed by atoms with Crippen molar-refractivity contribution in [3.05, 3.63) is 71.0 Å². The monoisotopic (exact) mass is 532 g/mol. The number of ether oxygens (including phenoxy) is 4. The lowest BCUT2D eigenvalue weighted by Gasteiger charge is -2.43. The lowest BCUT2D eigenvalue weighted by Crippen LogP contribution is -2.50. The van der Waals surface area contributed by atoms with E-state index in [4.69, 9.17) is 18.9 Å². The van der Waals surface area contributed by atoms with Crippen molar-refractivity contribution in [3.8, 4) is 23.0 Å². The number of carbonyl (C=O) groups excluding carboxylic acids is 2. The van der Waals surface area contributed by atoms with Crippen molar-refractivity contribution in [2.45, 2.75) is 38.6 Å². The number of anilines is 1. The first-order valence-electron chi connectivity index (χ1n) is 12.5. The molecule has 1 unspecified atom stereocenters. The third-order valence-corrected chi connectivity index (χ3v) is 7.12. The van der Waals surface area contributed by atoms with E-state index in [0.717, 1.165) is 11.3 Å². The fourth-order valence-corrected chi connectivity index (χ4v) is 5.46. The molecule has 0 saturated carbocycles. The van der Waals surface area contributed by atoms with E-state index in [1.165, 1.54) is 57.7 Å². The highest BCUT2D eigenvalue weighted by Gasteiger charge is 2.48. The van der Waals surface area contributed by atoms with Crippen LogP contribution in [0.4, 0.5) is 15.8 Å². The Kier molecular flexibility index (Phi) is 6.54. The van der Waals surface area contributed by atoms with Gasteiger partial charge in [-0.1, -0.05) is 6.92 Å². The molecule has 0 spiro atoms. The second kappa shape index (κ2) is 9.72. The van der Waals surface area contributed by atoms with Gasteiger partial charge in [0.25, 0.3) is 5.91 Å². The Hall–Kier alpha value is -4.40. The molecular weight excluding hydrogens is 503 g/mol. The van der Waals surface area contributed by atoms with E-state index in [2.05, 4.69) is 11.9 Å². The van der Waals surface area contributed by atoms with Gasteiger partial charge in [0.05, 0.1) is 38.3 Å². The van der Waals surface area contributed by atoms with Crippen LogP contribution in [0.5, 0.6) is 23.0 Å². The number of aliphatic imine (C=N–C) groups is 1. The standard InChI is InChI=1S/C30H29FN2O6/c1-16-15-30(2,3)33-26-21(16)13-20(14-22(26)25(28(33)34)32-19-9-7-18(31)8-10-19)39-29(35)17-11-23(36-4)27(38-6)24(12-17)37-5/h7-14,16H,15H2,1-6H3. The molecule has 2 heterocycles. The van der Waals surface area contributed by atoms with Gasteiger partial charge in [-0.25, -0.2) is 14.2 Å². The highest BCUT2D eigenvalue weighted by molar-refractivity contribution is 6.55. The van der Waals surface area contributed by atoms with Crippen LogP contribution in [0.15, 0.2) is 53.5 Å². The molecule has 0 aromatic heterocycles. The average molecular weight is 533 g/mol. The third-order valence-electron chi connectivity index (χ3n) is 7.12. The molecule has 2 aliphatic heterocycles. The van der Waals surface area contributed by atoms with Gasteiger partial charge < -0.3 is 23.8 Å². The molecule has 3 aromatic rings. The first kappa shape index (κ1) is 26.2. The largest absolute Gasteiger partial charge is 0.493 e. The predicted octanol–water partition coefficient (Wildman–Crippen LogP) is 5.82. The smallest absolute Gasteiger partial charge is 0.343 e. The molecule has 1 amide bonds. The Morgan fingerprint density at radius 3 is 2.23 bits per heavy atom. The molecule has 3 aromatic carbocycles. The zero-order chi connectivity index (χ0) is 28.1. The summed E-state index contributed by atoms with van der Waals surface area (Å²) in [5.74, 6) is 0.0738. The van der Waals surface area contributed by atoms with Crippen molar-refractivity contribution >= 4 is 29.0 Å². The van der Waals surface area contributed by atoms with E-state index in [0.29, 0.717) is 34.9 Å². The molecule has 9 heteroatoms. The van der Waals surface area contributed by atoms with Crippen molar-refractivity contribution in [1.29, 1.82) is 0 Å². The van der Waals surface area contributed by atoms with Crippen molar-refractivity contribution in [2.75, 3.05) is 26.2 Å². The first-order valence-corrected chi connectivity index (χ1v) is 12.5. The third kappa shape index (κ3) is 4.47. The number of nitrogens with zero attached hydrogens (tertiary/aromatic N) is 2. The number of hydrogen-bond acceptors (Lipinski definition) is 7. The van der Waals surface area contributed by atoms with E-state index in [1.54, 1.807) is 17.0 Å². The number of benzene rings is 3. The van der Waals surface area contributed by atoms with Crippen LogP contribution in [0, 0.1) is 5.82 Å². The molecular formula is C30H29FN2O6. The first-order chi connectivity index (χ1) is 18.6. The molecule has 1 atom stereocenters. The highest BCUT2D eigenvalue weighted by Crippen LogP contribution is 2.50. The summed E-state index contributed by atoms with van der Waals surface area (Å²) in [4.78, 5) is 33.3. The van der Waals surface area contributed by atoms with Crippen LogP contribution in [0.1, 0.15) is 54.6 Å². The number of amides is 1. The maximum atomic E-state index is 13.7. The molecule has 39 heavy (non-hydrogen) atoms. The number of carbonyl (C=O) groups is 2. The minimum absolute atomic E-state index is 0.0859. The van der Waals surface area contributed by atoms with Crippen LogP contribution in [-0.4, -0.2) is 44.5 Å². The van der Waals surface area contributed by atoms with Crippen molar-refractivity contribution in [1.82, 2.24) is 0 Å². The Bertz CT molecular complexity index is 1490. The maximum absolute atomic E-state index is 13.7. The van der Waals surface area contributed by atoms with Gasteiger partial charge in [0.2, 0.25) is 5.75 Å². The number of halogens is 1. The Morgan fingerprint density at radius 1 is 1.00 bits per heavy atom. The second-order valence-electron chi connectivity index (χ2n) is 10.2. The van der Waals surface area contributed by atoms with Gasteiger partial charge in [0.1, 0.15) is 17.3 Å². The zero-order valence-electron chi connectivity index (χ0n) is 22.6. The van der Waals surface area contributed by atoms with Crippen molar-refractivity contribution < 1.29 is 32.9 Å². The van der Waals surface area contributed by atoms with Crippen LogP contribution in [-0.2, 0) is 4.79 Å². The number of hydrogen-bond donors (Lipinski definition) is 0. The summed E-state index contributed by atoms with van der Waals surface area (Å²) >= 11 is 0. The SMILES string of the molecule is COc1cc(C(=O)Oc2cc3c4c(c2)C(C)CC(C)(C)N4C(=O)C3=Nc2ccc(F)cc2)cc(OC)c1OC. The number of methoxy groups -OCH3 is 3. The fourth-order valence-electron chi connectivity index (χ4n) is 5.46. The predicted molar refractivity (Wildman–Crippen MR) is 145 cm³/mol. The maximum Gasteiger partial charge on any atom is 0.343 e. The Labute approximate surface area is 226 Å². The molecule has 202 valence electrons. The molecule has 0 saturated heterocycles. The van der Waals surface area contributed by atoms with Gasteiger partial charge in [-0.05, 0) is 80.3 Å². The minimum atomic E-state index is -0.636. The summed E-state index contributed by atoms with van der Waals surface area (Å²) in [6.45, 7) is 6.12. The minimum Gasteiger partial charge on any atom is -0.493 e. The van der Waals surface area contributed by atoms with E-state index in [1.807, 2.05) is 13.8 Å². The zero-order valence-corrected chi connectivity index (χ0v) is 22.6. The van der Waals surface area contributed by atoms with Gasteiger partial charge >= 0.3 is 5.97 Å². The quantitative estimate of drug-likeness (QED) is 0.294. The summed E-state index contributed by atoms with van der Waals surface area (Å²) in [5.41, 5.74) is 2.62. The summed E-state index contributed by atoms with van der Waals surface area (Å²) in [7, 11) is 4.41. The van der Waals surface area contributed by atoms with E-state index in [9.17, 15) is 14.0 Å². The molecule has 5 rings (SSSR count). The van der Waals surface area contributed by atoms with E-state index < -0.39 is 17.3 Å². The van der Waals surface area contributed by atoms with Crippen LogP contribution in [0.2, 0.25) is 0 Å². The molecule has 0 bridgehead atoms. The van der Waals surface area contributed by atoms with Gasteiger partial charge in [-0.2, -0.15) is 0 Å². The number of esters is 1. The molecule has 0 aliphatic carbocycles. The van der Waals surface area contributed by atoms with Gasteiger partial charge in [-0.3, -0.25) is 4.79 Å². The lowest BCUT2D eigenvalue weighted by atomic mass is 9.80. The second-order valence-corrected chi connectivity index (χ2v) is 10.2. The van der Waals surface area contributed by atoms with Gasteiger partial charge in [0.15, 0.2) is 11.5 Å². The summed E-state index contributed by atoms with van der Waals surface area (Å²) in [5, 5.41) is 0. The lowest BCUT2D eigenvalue weighted by molar-refractivity contribution is -0.113. The average Bonchev–Trinajstić information content (AvgIpc) is 3.19. The van der Waals surface area contributed by atoms with E-state index >= 15 is 0 Å². The van der Waals surface area contributed by atoms with Gasteiger partial charge in [-0.15, -0.1) is 0 Å². The molecule has 0 fully saturated rings. The summed E-state index contributed by atoms with van der Waals surface area (Å²) in [6.07, 6.45) is 0.708. The van der Waals surface area contributed by atoms with E-state index in [-0.39, 0.29) is 28.8 Å². The molecule has 2 aliphatic rings. The highest BCUT2D eigenvalue weighted by atomic mass is 19.1. The number of rotatable bonds is 6. The Balaban J connectivity index is 1.60. The van der Waals surface area contributed by atoms with Crippen molar-refractivity contribution in [3.63, 3.8) is 0 Å². The molecule has 0 radical (unpaired) electrons. The fraction of sp³-hybridized carbons (Fsp3) is 0.300. The Morgan fingerprint density at radius 2 is 1.64 bits per heavy atom. The van der Waals surface area contributed by atoms with Crippen molar-refractivity contribution in [2.24, 2.45) is 4.99 Å². The van der Waals surface area contributed by atoms with Crippen LogP contribution in [0.3, 0.4) is 0 Å². The summed E-state index contributed by atoms with van der Waals surface area (Å²) < 4.78 is 35.4. The van der Waals surface area contributed by atoms with Crippen LogP contribution in [0.25, 0.3) is 0 Å². The normalized spacial score (nSPS) is 18.1. The molecule has 8 nitrogen and oxygen atoms in total. The van der Waals surface area contributed by atoms with Crippen LogP contribution >= 0.6 is 0 Å². The molecule has 0 N–H and O–H groups in total.